The van der Waals surface area contributed by atoms with Crippen LogP contribution >= 0.6 is 0 Å². The van der Waals surface area contributed by atoms with Crippen LogP contribution in [0.5, 0.6) is 0 Å². The molecule has 0 radical (unpaired) electrons. The van der Waals surface area contributed by atoms with Crippen molar-refractivity contribution in [1.82, 2.24) is 10.6 Å². The van der Waals surface area contributed by atoms with Crippen molar-refractivity contribution in [1.29, 1.82) is 0 Å². The van der Waals surface area contributed by atoms with Crippen LogP contribution in [0.1, 0.15) is 41.0 Å². The predicted molar refractivity (Wildman–Crippen MR) is 71.0 cm³/mol. The summed E-state index contributed by atoms with van der Waals surface area (Å²) in [7, 11) is 0. The molecule has 0 bridgehead atoms. The van der Waals surface area contributed by atoms with Crippen LogP contribution in [-0.2, 0) is 9.53 Å². The average molecular weight is 256 g/mol. The third-order valence-corrected chi connectivity index (χ3v) is 2.41. The number of nitrogens with one attached hydrogen (secondary N) is 2. The Bertz CT molecular complexity index is 308. The standard InChI is InChI=1S/C13H24N2O3/c1-7-9(3)10(11(16)14-8-2)15-12(17)18-13(4,5)6/h8-10H,2,7H2,1,3-6H3,(H,14,16)(H,15,17)/t9-,10-/m0/s1. The summed E-state index contributed by atoms with van der Waals surface area (Å²) < 4.78 is 5.14. The third-order valence-electron chi connectivity index (χ3n) is 2.41. The van der Waals surface area contributed by atoms with Gasteiger partial charge in [-0.05, 0) is 32.9 Å². The lowest BCUT2D eigenvalue weighted by Gasteiger charge is -2.25. The van der Waals surface area contributed by atoms with Crippen LogP contribution in [0, 0.1) is 5.92 Å². The molecule has 0 aromatic heterocycles. The Hall–Kier alpha value is -1.52. The van der Waals surface area contributed by atoms with Gasteiger partial charge >= 0.3 is 6.09 Å². The minimum Gasteiger partial charge on any atom is -0.444 e. The molecule has 0 aliphatic carbocycles. The van der Waals surface area contributed by atoms with Crippen LogP contribution < -0.4 is 10.6 Å². The zero-order valence-electron chi connectivity index (χ0n) is 11.9. The molecule has 0 saturated heterocycles. The van der Waals surface area contributed by atoms with E-state index in [0.717, 1.165) is 6.42 Å². The monoisotopic (exact) mass is 256 g/mol. The minimum atomic E-state index is -0.622. The summed E-state index contributed by atoms with van der Waals surface area (Å²) in [6, 6.07) is -0.622. The van der Waals surface area contributed by atoms with E-state index in [1.165, 1.54) is 6.20 Å². The Balaban J connectivity index is 4.64. The van der Waals surface area contributed by atoms with Crippen LogP contribution in [0.25, 0.3) is 0 Å². The van der Waals surface area contributed by atoms with Gasteiger partial charge in [-0.3, -0.25) is 4.79 Å². The van der Waals surface area contributed by atoms with E-state index in [-0.39, 0.29) is 11.8 Å². The summed E-state index contributed by atoms with van der Waals surface area (Å²) in [5.41, 5.74) is -0.584. The maximum atomic E-state index is 11.8. The van der Waals surface area contributed by atoms with E-state index in [2.05, 4.69) is 17.2 Å². The zero-order valence-corrected chi connectivity index (χ0v) is 11.9. The number of hydrogen-bond acceptors (Lipinski definition) is 3. The van der Waals surface area contributed by atoms with Crippen molar-refractivity contribution >= 4 is 12.0 Å². The minimum absolute atomic E-state index is 0.0115. The molecule has 0 rings (SSSR count). The molecular weight excluding hydrogens is 232 g/mol. The smallest absolute Gasteiger partial charge is 0.408 e. The molecular formula is C13H24N2O3. The van der Waals surface area contributed by atoms with E-state index in [0.29, 0.717) is 0 Å². The lowest BCUT2D eigenvalue weighted by molar-refractivity contribution is -0.123. The fourth-order valence-corrected chi connectivity index (χ4v) is 1.33. The van der Waals surface area contributed by atoms with Gasteiger partial charge in [-0.1, -0.05) is 26.8 Å². The highest BCUT2D eigenvalue weighted by atomic mass is 16.6. The molecule has 104 valence electrons. The molecule has 0 aliphatic heterocycles. The highest BCUT2D eigenvalue weighted by Gasteiger charge is 2.27. The molecule has 5 heteroatoms. The average Bonchev–Trinajstić information content (AvgIpc) is 2.22. The van der Waals surface area contributed by atoms with Crippen LogP contribution in [0.4, 0.5) is 4.79 Å². The second-order valence-electron chi connectivity index (χ2n) is 5.22. The Labute approximate surface area is 109 Å². The highest BCUT2D eigenvalue weighted by molar-refractivity contribution is 5.86. The molecule has 2 N–H and O–H groups in total. The number of carbonyl (C=O) groups is 2. The number of hydrogen-bond donors (Lipinski definition) is 2. The first-order valence-corrected chi connectivity index (χ1v) is 6.12. The lowest BCUT2D eigenvalue weighted by atomic mass is 9.98. The number of rotatable bonds is 5. The molecule has 0 spiro atoms. The lowest BCUT2D eigenvalue weighted by Crippen LogP contribution is -2.50. The molecule has 0 aliphatic rings. The second-order valence-corrected chi connectivity index (χ2v) is 5.22. The maximum absolute atomic E-state index is 11.8. The molecule has 2 atom stereocenters. The first-order valence-electron chi connectivity index (χ1n) is 6.12. The number of amides is 2. The largest absolute Gasteiger partial charge is 0.444 e. The molecule has 5 nitrogen and oxygen atoms in total. The van der Waals surface area contributed by atoms with Gasteiger partial charge in [0.25, 0.3) is 0 Å². The van der Waals surface area contributed by atoms with Crippen LogP contribution in [0.2, 0.25) is 0 Å². The van der Waals surface area contributed by atoms with Gasteiger partial charge in [0.1, 0.15) is 11.6 Å². The maximum Gasteiger partial charge on any atom is 0.408 e. The van der Waals surface area contributed by atoms with Gasteiger partial charge in [0.05, 0.1) is 0 Å². The highest BCUT2D eigenvalue weighted by Crippen LogP contribution is 2.11. The van der Waals surface area contributed by atoms with Crippen molar-refractivity contribution in [3.63, 3.8) is 0 Å². The van der Waals surface area contributed by atoms with Crippen molar-refractivity contribution in [3.8, 4) is 0 Å². The van der Waals surface area contributed by atoms with Gasteiger partial charge < -0.3 is 15.4 Å². The first kappa shape index (κ1) is 16.5. The molecule has 2 amide bonds. The van der Waals surface area contributed by atoms with Crippen LogP contribution in [0.3, 0.4) is 0 Å². The predicted octanol–water partition coefficient (Wildman–Crippen LogP) is 2.19. The fraction of sp³-hybridized carbons (Fsp3) is 0.692. The zero-order chi connectivity index (χ0) is 14.3. The Morgan fingerprint density at radius 1 is 1.39 bits per heavy atom. The Kier molecular flexibility index (Phi) is 6.44. The molecule has 18 heavy (non-hydrogen) atoms. The van der Waals surface area contributed by atoms with Crippen molar-refractivity contribution in [2.24, 2.45) is 5.92 Å². The molecule has 0 aromatic rings. The van der Waals surface area contributed by atoms with Gasteiger partial charge in [-0.25, -0.2) is 4.79 Å². The van der Waals surface area contributed by atoms with Gasteiger partial charge in [0.2, 0.25) is 5.91 Å². The van der Waals surface area contributed by atoms with E-state index in [4.69, 9.17) is 4.74 Å². The number of alkyl carbamates (subject to hydrolysis) is 1. The summed E-state index contributed by atoms with van der Waals surface area (Å²) in [4.78, 5) is 23.5. The first-order chi connectivity index (χ1) is 8.21. The molecule has 0 heterocycles. The topological polar surface area (TPSA) is 67.4 Å². The van der Waals surface area contributed by atoms with E-state index < -0.39 is 17.7 Å². The Morgan fingerprint density at radius 3 is 2.33 bits per heavy atom. The van der Waals surface area contributed by atoms with Crippen LogP contribution in [0.15, 0.2) is 12.8 Å². The molecule has 0 aromatic carbocycles. The summed E-state index contributed by atoms with van der Waals surface area (Å²) in [6.07, 6.45) is 1.48. The molecule has 0 fully saturated rings. The van der Waals surface area contributed by atoms with Gasteiger partial charge in [0, 0.05) is 0 Å². The number of ether oxygens (including phenoxy) is 1. The van der Waals surface area contributed by atoms with E-state index in [9.17, 15) is 9.59 Å². The SMILES string of the molecule is C=CNC(=O)[C@@H](NC(=O)OC(C)(C)C)[C@@H](C)CC. The van der Waals surface area contributed by atoms with E-state index in [1.54, 1.807) is 20.8 Å². The van der Waals surface area contributed by atoms with Gasteiger partial charge in [-0.2, -0.15) is 0 Å². The van der Waals surface area contributed by atoms with E-state index in [1.807, 2.05) is 13.8 Å². The van der Waals surface area contributed by atoms with Gasteiger partial charge in [-0.15, -0.1) is 0 Å². The van der Waals surface area contributed by atoms with Crippen molar-refractivity contribution in [2.75, 3.05) is 0 Å². The second kappa shape index (κ2) is 7.03. The summed E-state index contributed by atoms with van der Waals surface area (Å²) in [5, 5.41) is 5.07. The molecule has 0 saturated carbocycles. The quantitative estimate of drug-likeness (QED) is 0.792. The van der Waals surface area contributed by atoms with Crippen molar-refractivity contribution in [2.45, 2.75) is 52.7 Å². The van der Waals surface area contributed by atoms with E-state index >= 15 is 0 Å². The van der Waals surface area contributed by atoms with Crippen molar-refractivity contribution < 1.29 is 14.3 Å². The van der Waals surface area contributed by atoms with Crippen LogP contribution in [-0.4, -0.2) is 23.6 Å². The summed E-state index contributed by atoms with van der Waals surface area (Å²) in [6.45, 7) is 12.6. The normalized spacial score (nSPS) is 14.3. The fourth-order valence-electron chi connectivity index (χ4n) is 1.33. The Morgan fingerprint density at radius 2 is 1.94 bits per heavy atom. The molecule has 0 unspecified atom stereocenters. The number of carbonyl (C=O) groups excluding carboxylic acids is 2. The van der Waals surface area contributed by atoms with Crippen molar-refractivity contribution in [3.05, 3.63) is 12.8 Å². The van der Waals surface area contributed by atoms with Gasteiger partial charge in [0.15, 0.2) is 0 Å². The summed E-state index contributed by atoms with van der Waals surface area (Å²) in [5.74, 6) is -0.275. The third kappa shape index (κ3) is 6.27. The summed E-state index contributed by atoms with van der Waals surface area (Å²) >= 11 is 0.